The number of carbonyl (C=O) groups excluding carboxylic acids is 2. The number of esters is 1. The second-order valence-corrected chi connectivity index (χ2v) is 4.96. The monoisotopic (exact) mass is 214 g/mol. The van der Waals surface area contributed by atoms with Gasteiger partial charge in [-0.15, -0.1) is 0 Å². The van der Waals surface area contributed by atoms with Gasteiger partial charge in [-0.05, 0) is 27.7 Å². The summed E-state index contributed by atoms with van der Waals surface area (Å²) in [6.45, 7) is 6.92. The summed E-state index contributed by atoms with van der Waals surface area (Å²) >= 11 is 0. The summed E-state index contributed by atoms with van der Waals surface area (Å²) in [6.07, 6.45) is -0.123. The van der Waals surface area contributed by atoms with Crippen molar-refractivity contribution in [3.8, 4) is 0 Å². The number of rotatable bonds is 2. The number of ketones is 1. The predicted molar refractivity (Wildman–Crippen MR) is 54.4 cm³/mol. The van der Waals surface area contributed by atoms with Crippen LogP contribution in [0.3, 0.4) is 0 Å². The molecule has 0 bridgehead atoms. The summed E-state index contributed by atoms with van der Waals surface area (Å²) in [5, 5.41) is 0. The van der Waals surface area contributed by atoms with Crippen LogP contribution in [0.5, 0.6) is 0 Å². The Hall–Kier alpha value is -0.900. The number of hydrogen-bond acceptors (Lipinski definition) is 4. The molecule has 0 spiro atoms. The van der Waals surface area contributed by atoms with Crippen molar-refractivity contribution in [2.75, 3.05) is 7.11 Å². The van der Waals surface area contributed by atoms with Crippen molar-refractivity contribution in [3.63, 3.8) is 0 Å². The molecule has 0 aromatic heterocycles. The van der Waals surface area contributed by atoms with Crippen LogP contribution in [0.15, 0.2) is 0 Å². The molecule has 1 unspecified atom stereocenters. The molecule has 15 heavy (non-hydrogen) atoms. The van der Waals surface area contributed by atoms with Crippen LogP contribution in [0.2, 0.25) is 0 Å². The van der Waals surface area contributed by atoms with Crippen molar-refractivity contribution >= 4 is 11.8 Å². The lowest BCUT2D eigenvalue weighted by molar-refractivity contribution is -0.162. The van der Waals surface area contributed by atoms with Gasteiger partial charge in [0.15, 0.2) is 5.78 Å². The van der Waals surface area contributed by atoms with E-state index in [2.05, 4.69) is 0 Å². The normalized spacial score (nSPS) is 25.4. The molecule has 4 nitrogen and oxygen atoms in total. The van der Waals surface area contributed by atoms with Crippen molar-refractivity contribution in [1.82, 2.24) is 0 Å². The second-order valence-electron chi connectivity index (χ2n) is 4.96. The van der Waals surface area contributed by atoms with E-state index in [4.69, 9.17) is 9.47 Å². The third-order valence-electron chi connectivity index (χ3n) is 3.00. The fraction of sp³-hybridized carbons (Fsp3) is 0.818. The summed E-state index contributed by atoms with van der Waals surface area (Å²) in [7, 11) is 1.34. The largest absolute Gasteiger partial charge is 0.469 e. The lowest BCUT2D eigenvalue weighted by Crippen LogP contribution is -2.39. The maximum absolute atomic E-state index is 11.6. The van der Waals surface area contributed by atoms with E-state index < -0.39 is 17.1 Å². The zero-order chi connectivity index (χ0) is 11.9. The third kappa shape index (κ3) is 2.04. The van der Waals surface area contributed by atoms with E-state index in [0.717, 1.165) is 0 Å². The van der Waals surface area contributed by atoms with Gasteiger partial charge in [0.05, 0.1) is 18.6 Å². The minimum absolute atomic E-state index is 0.0319. The average molecular weight is 214 g/mol. The smallest absolute Gasteiger partial charge is 0.313 e. The number of carbonyl (C=O) groups is 2. The quantitative estimate of drug-likeness (QED) is 0.650. The van der Waals surface area contributed by atoms with Gasteiger partial charge in [0.25, 0.3) is 0 Å². The minimum Gasteiger partial charge on any atom is -0.469 e. The second kappa shape index (κ2) is 3.59. The SMILES string of the molecule is COC(=O)C(C)(C)C1CC(=O)C(C)(C)O1. The lowest BCUT2D eigenvalue weighted by atomic mass is 9.84. The Kier molecular flexibility index (Phi) is 2.92. The van der Waals surface area contributed by atoms with E-state index in [0.29, 0.717) is 0 Å². The molecule has 1 aliphatic rings. The van der Waals surface area contributed by atoms with Gasteiger partial charge in [-0.25, -0.2) is 0 Å². The molecule has 0 saturated carbocycles. The van der Waals surface area contributed by atoms with Crippen LogP contribution in [0.4, 0.5) is 0 Å². The first-order chi connectivity index (χ1) is 6.71. The van der Waals surface area contributed by atoms with E-state index in [-0.39, 0.29) is 18.2 Å². The van der Waals surface area contributed by atoms with E-state index in [1.54, 1.807) is 27.7 Å². The maximum atomic E-state index is 11.6. The summed E-state index contributed by atoms with van der Waals surface area (Å²) in [6, 6.07) is 0. The Morgan fingerprint density at radius 3 is 2.40 bits per heavy atom. The molecule has 1 rings (SSSR count). The Balaban J connectivity index is 2.84. The molecule has 1 atom stereocenters. The zero-order valence-corrected chi connectivity index (χ0v) is 9.92. The average Bonchev–Trinajstić information content (AvgIpc) is 2.40. The fourth-order valence-electron chi connectivity index (χ4n) is 1.67. The molecular formula is C11H18O4. The van der Waals surface area contributed by atoms with Crippen LogP contribution in [-0.2, 0) is 19.1 Å². The standard InChI is InChI=1S/C11H18O4/c1-10(2,9(13)14-5)8-6-7(12)11(3,4)15-8/h8H,6H2,1-5H3. The van der Waals surface area contributed by atoms with Gasteiger partial charge in [0.2, 0.25) is 0 Å². The van der Waals surface area contributed by atoms with Gasteiger partial charge in [0, 0.05) is 6.42 Å². The molecule has 0 N–H and O–H groups in total. The molecule has 1 heterocycles. The first-order valence-corrected chi connectivity index (χ1v) is 5.01. The molecule has 0 amide bonds. The molecule has 86 valence electrons. The predicted octanol–water partition coefficient (Wildman–Crippen LogP) is 1.32. The van der Waals surface area contributed by atoms with Crippen LogP contribution in [-0.4, -0.2) is 30.6 Å². The van der Waals surface area contributed by atoms with E-state index in [1.165, 1.54) is 7.11 Å². The van der Waals surface area contributed by atoms with Crippen molar-refractivity contribution in [3.05, 3.63) is 0 Å². The fourth-order valence-corrected chi connectivity index (χ4v) is 1.67. The molecule has 4 heteroatoms. The molecule has 1 fully saturated rings. The van der Waals surface area contributed by atoms with Crippen LogP contribution in [0.1, 0.15) is 34.1 Å². The highest BCUT2D eigenvalue weighted by Gasteiger charge is 2.50. The third-order valence-corrected chi connectivity index (χ3v) is 3.00. The maximum Gasteiger partial charge on any atom is 0.313 e. The lowest BCUT2D eigenvalue weighted by Gasteiger charge is -2.29. The molecule has 0 aromatic rings. The number of Topliss-reactive ketones (excluding diaryl/α,β-unsaturated/α-hetero) is 1. The molecule has 1 aliphatic heterocycles. The number of ether oxygens (including phenoxy) is 2. The Morgan fingerprint density at radius 1 is 1.53 bits per heavy atom. The van der Waals surface area contributed by atoms with E-state index in [1.807, 2.05) is 0 Å². The summed E-state index contributed by atoms with van der Waals surface area (Å²) in [5.41, 5.74) is -1.56. The highest BCUT2D eigenvalue weighted by molar-refractivity contribution is 5.90. The number of hydrogen-bond donors (Lipinski definition) is 0. The highest BCUT2D eigenvalue weighted by atomic mass is 16.5. The first kappa shape index (κ1) is 12.2. The van der Waals surface area contributed by atoms with Gasteiger partial charge >= 0.3 is 5.97 Å². The van der Waals surface area contributed by atoms with Crippen molar-refractivity contribution < 1.29 is 19.1 Å². The minimum atomic E-state index is -0.782. The Labute approximate surface area is 89.9 Å². The molecule has 1 saturated heterocycles. The van der Waals surface area contributed by atoms with Crippen molar-refractivity contribution in [2.24, 2.45) is 5.41 Å². The Morgan fingerprint density at radius 2 is 2.07 bits per heavy atom. The van der Waals surface area contributed by atoms with Crippen LogP contribution < -0.4 is 0 Å². The van der Waals surface area contributed by atoms with Gasteiger partial charge in [0.1, 0.15) is 5.60 Å². The van der Waals surface area contributed by atoms with E-state index in [9.17, 15) is 9.59 Å². The van der Waals surface area contributed by atoms with Gasteiger partial charge < -0.3 is 9.47 Å². The summed E-state index contributed by atoms with van der Waals surface area (Å²) < 4.78 is 10.3. The molecule has 0 aliphatic carbocycles. The van der Waals surface area contributed by atoms with Crippen molar-refractivity contribution in [1.29, 1.82) is 0 Å². The number of methoxy groups -OCH3 is 1. The van der Waals surface area contributed by atoms with Gasteiger partial charge in [-0.1, -0.05) is 0 Å². The van der Waals surface area contributed by atoms with Crippen LogP contribution in [0.25, 0.3) is 0 Å². The summed E-state index contributed by atoms with van der Waals surface area (Å²) in [5.74, 6) is -0.317. The first-order valence-electron chi connectivity index (χ1n) is 5.01. The van der Waals surface area contributed by atoms with Crippen LogP contribution in [0, 0.1) is 5.41 Å². The van der Waals surface area contributed by atoms with Gasteiger partial charge in [-0.3, -0.25) is 9.59 Å². The summed E-state index contributed by atoms with van der Waals surface area (Å²) in [4.78, 5) is 23.1. The Bertz CT molecular complexity index is 291. The molecular weight excluding hydrogens is 196 g/mol. The van der Waals surface area contributed by atoms with E-state index >= 15 is 0 Å². The molecule has 0 aromatic carbocycles. The highest BCUT2D eigenvalue weighted by Crippen LogP contribution is 2.37. The molecule has 0 radical (unpaired) electrons. The topological polar surface area (TPSA) is 52.6 Å². The van der Waals surface area contributed by atoms with Gasteiger partial charge in [-0.2, -0.15) is 0 Å². The van der Waals surface area contributed by atoms with Crippen LogP contribution >= 0.6 is 0 Å². The van der Waals surface area contributed by atoms with Crippen molar-refractivity contribution in [2.45, 2.75) is 45.8 Å². The zero-order valence-electron chi connectivity index (χ0n) is 9.92.